The van der Waals surface area contributed by atoms with Crippen LogP contribution in [0.4, 0.5) is 11.4 Å². The summed E-state index contributed by atoms with van der Waals surface area (Å²) in [7, 11) is 0. The van der Waals surface area contributed by atoms with Crippen LogP contribution in [0.25, 0.3) is 0 Å². The number of anilines is 1. The molecule has 2 amide bonds. The Morgan fingerprint density at radius 1 is 0.917 bits per heavy atom. The molecule has 1 saturated heterocycles. The number of fused-ring (bicyclic) bond motifs is 1. The molecule has 3 aromatic rings. The zero-order valence-electron chi connectivity index (χ0n) is 19.7. The molecule has 9 nitrogen and oxygen atoms in total. The number of carbonyl (C=O) groups excluding carboxylic acids is 2. The highest BCUT2D eigenvalue weighted by molar-refractivity contribution is 6.02. The maximum Gasteiger partial charge on any atom is 0.271 e. The first-order chi connectivity index (χ1) is 17.5. The van der Waals surface area contributed by atoms with Gasteiger partial charge >= 0.3 is 0 Å². The van der Waals surface area contributed by atoms with Gasteiger partial charge in [-0.15, -0.1) is 0 Å². The van der Waals surface area contributed by atoms with Gasteiger partial charge in [-0.3, -0.25) is 29.5 Å². The van der Waals surface area contributed by atoms with E-state index in [1.54, 1.807) is 4.90 Å². The molecule has 184 valence electrons. The van der Waals surface area contributed by atoms with Crippen LogP contribution in [0.3, 0.4) is 0 Å². The van der Waals surface area contributed by atoms with Gasteiger partial charge < -0.3 is 9.64 Å². The summed E-state index contributed by atoms with van der Waals surface area (Å²) in [6.07, 6.45) is 0. The molecule has 0 atom stereocenters. The Labute approximate surface area is 208 Å². The van der Waals surface area contributed by atoms with Crippen molar-refractivity contribution >= 4 is 23.2 Å². The van der Waals surface area contributed by atoms with Gasteiger partial charge in [0.15, 0.2) is 6.61 Å². The van der Waals surface area contributed by atoms with Crippen LogP contribution in [-0.4, -0.2) is 65.9 Å². The van der Waals surface area contributed by atoms with Crippen molar-refractivity contribution in [2.75, 3.05) is 44.2 Å². The molecule has 1 fully saturated rings. The van der Waals surface area contributed by atoms with Gasteiger partial charge in [-0.2, -0.15) is 0 Å². The van der Waals surface area contributed by atoms with Crippen molar-refractivity contribution in [1.29, 1.82) is 0 Å². The predicted octanol–water partition coefficient (Wildman–Crippen LogP) is 3.25. The second-order valence-electron chi connectivity index (χ2n) is 8.82. The number of hydrogen-bond donors (Lipinski definition) is 0. The highest BCUT2D eigenvalue weighted by Crippen LogP contribution is 2.35. The molecule has 36 heavy (non-hydrogen) atoms. The molecule has 9 heteroatoms. The van der Waals surface area contributed by atoms with Gasteiger partial charge in [0.25, 0.3) is 11.6 Å². The number of nitro groups is 1. The van der Waals surface area contributed by atoms with E-state index >= 15 is 0 Å². The Morgan fingerprint density at radius 2 is 1.53 bits per heavy atom. The second kappa shape index (κ2) is 10.2. The molecule has 0 aliphatic carbocycles. The zero-order chi connectivity index (χ0) is 25.1. The molecule has 0 unspecified atom stereocenters. The minimum atomic E-state index is -0.533. The van der Waals surface area contributed by atoms with Gasteiger partial charge in [0.2, 0.25) is 5.91 Å². The minimum Gasteiger partial charge on any atom is -0.482 e. The van der Waals surface area contributed by atoms with Crippen molar-refractivity contribution in [2.24, 2.45) is 0 Å². The normalized spacial score (nSPS) is 16.0. The standard InChI is InChI=1S/C27H26N4O5/c32-25(18-30-23-17-22(31(34)35)11-12-24(23)36-19-26(30)33)28-13-15-29(16-14-28)27(20-7-3-1-4-8-20)21-9-5-2-6-10-21/h1-12,17,27H,13-16,18-19H2. The largest absolute Gasteiger partial charge is 0.482 e. The van der Waals surface area contributed by atoms with E-state index in [2.05, 4.69) is 29.2 Å². The summed E-state index contributed by atoms with van der Waals surface area (Å²) in [6, 6.07) is 24.8. The summed E-state index contributed by atoms with van der Waals surface area (Å²) in [5.74, 6) is -0.243. The third-order valence-electron chi connectivity index (χ3n) is 6.65. The second-order valence-corrected chi connectivity index (χ2v) is 8.82. The summed E-state index contributed by atoms with van der Waals surface area (Å²) in [5, 5.41) is 11.2. The summed E-state index contributed by atoms with van der Waals surface area (Å²) in [6.45, 7) is 2.02. The van der Waals surface area contributed by atoms with E-state index in [9.17, 15) is 19.7 Å². The fourth-order valence-electron chi connectivity index (χ4n) is 4.83. The number of ether oxygens (including phenoxy) is 1. The predicted molar refractivity (Wildman–Crippen MR) is 134 cm³/mol. The van der Waals surface area contributed by atoms with E-state index < -0.39 is 10.8 Å². The zero-order valence-corrected chi connectivity index (χ0v) is 19.7. The van der Waals surface area contributed by atoms with Gasteiger partial charge in [0.1, 0.15) is 12.3 Å². The molecule has 0 aromatic heterocycles. The Kier molecular flexibility index (Phi) is 6.64. The quantitative estimate of drug-likeness (QED) is 0.392. The number of amides is 2. The van der Waals surface area contributed by atoms with Crippen LogP contribution < -0.4 is 9.64 Å². The van der Waals surface area contributed by atoms with Crippen molar-refractivity contribution in [1.82, 2.24) is 9.80 Å². The molecule has 0 N–H and O–H groups in total. The number of non-ortho nitro benzene ring substituents is 1. The van der Waals surface area contributed by atoms with Gasteiger partial charge in [0.05, 0.1) is 16.7 Å². The van der Waals surface area contributed by atoms with Crippen molar-refractivity contribution < 1.29 is 19.2 Å². The first-order valence-electron chi connectivity index (χ1n) is 11.8. The number of benzene rings is 3. The van der Waals surface area contributed by atoms with E-state index in [1.165, 1.54) is 34.2 Å². The molecular formula is C27H26N4O5. The average molecular weight is 487 g/mol. The van der Waals surface area contributed by atoms with Crippen LogP contribution >= 0.6 is 0 Å². The van der Waals surface area contributed by atoms with Crippen molar-refractivity contribution in [3.63, 3.8) is 0 Å². The average Bonchev–Trinajstić information content (AvgIpc) is 2.91. The summed E-state index contributed by atoms with van der Waals surface area (Å²) < 4.78 is 5.41. The van der Waals surface area contributed by atoms with E-state index in [0.29, 0.717) is 31.9 Å². The lowest BCUT2D eigenvalue weighted by Gasteiger charge is -2.40. The SMILES string of the molecule is O=C(CN1C(=O)COc2ccc([N+](=O)[O-])cc21)N1CCN(C(c2ccccc2)c2ccccc2)CC1. The van der Waals surface area contributed by atoms with Crippen molar-refractivity contribution in [2.45, 2.75) is 6.04 Å². The van der Waals surface area contributed by atoms with Crippen LogP contribution in [-0.2, 0) is 9.59 Å². The third-order valence-corrected chi connectivity index (χ3v) is 6.65. The minimum absolute atomic E-state index is 0.0814. The lowest BCUT2D eigenvalue weighted by molar-refractivity contribution is -0.384. The highest BCUT2D eigenvalue weighted by atomic mass is 16.6. The first-order valence-corrected chi connectivity index (χ1v) is 11.8. The fourth-order valence-corrected chi connectivity index (χ4v) is 4.83. The van der Waals surface area contributed by atoms with Crippen LogP contribution in [0.15, 0.2) is 78.9 Å². The summed E-state index contributed by atoms with van der Waals surface area (Å²) >= 11 is 0. The number of hydrogen-bond acceptors (Lipinski definition) is 6. The molecule has 0 spiro atoms. The van der Waals surface area contributed by atoms with Crippen LogP contribution in [0, 0.1) is 10.1 Å². The Bertz CT molecular complexity index is 1220. The monoisotopic (exact) mass is 486 g/mol. The highest BCUT2D eigenvalue weighted by Gasteiger charge is 2.33. The third kappa shape index (κ3) is 4.78. The van der Waals surface area contributed by atoms with Crippen molar-refractivity contribution in [3.05, 3.63) is 100 Å². The van der Waals surface area contributed by atoms with E-state index in [1.807, 2.05) is 36.4 Å². The van der Waals surface area contributed by atoms with Gasteiger partial charge in [-0.05, 0) is 17.2 Å². The lowest BCUT2D eigenvalue weighted by atomic mass is 9.96. The number of rotatable bonds is 6. The summed E-state index contributed by atoms with van der Waals surface area (Å²) in [4.78, 5) is 41.9. The number of carbonyl (C=O) groups is 2. The first kappa shape index (κ1) is 23.5. The van der Waals surface area contributed by atoms with Crippen LogP contribution in [0.1, 0.15) is 17.2 Å². The molecule has 2 aliphatic rings. The molecular weight excluding hydrogens is 460 g/mol. The maximum absolute atomic E-state index is 13.2. The van der Waals surface area contributed by atoms with Crippen LogP contribution in [0.2, 0.25) is 0 Å². The Balaban J connectivity index is 1.29. The smallest absolute Gasteiger partial charge is 0.271 e. The molecule has 0 bridgehead atoms. The number of piperazine rings is 1. The molecule has 5 rings (SSSR count). The number of nitrogens with zero attached hydrogens (tertiary/aromatic N) is 4. The van der Waals surface area contributed by atoms with E-state index in [-0.39, 0.29) is 36.5 Å². The van der Waals surface area contributed by atoms with E-state index in [4.69, 9.17) is 4.74 Å². The molecule has 3 aromatic carbocycles. The Morgan fingerprint density at radius 3 is 2.11 bits per heavy atom. The number of nitro benzene ring substituents is 1. The van der Waals surface area contributed by atoms with E-state index in [0.717, 1.165) is 0 Å². The van der Waals surface area contributed by atoms with Gasteiger partial charge in [-0.25, -0.2) is 0 Å². The fraction of sp³-hybridized carbons (Fsp3) is 0.259. The molecule has 2 aliphatic heterocycles. The van der Waals surface area contributed by atoms with Gasteiger partial charge in [0, 0.05) is 38.3 Å². The Hall–Kier alpha value is -4.24. The molecule has 0 radical (unpaired) electrons. The maximum atomic E-state index is 13.2. The topological polar surface area (TPSA) is 96.2 Å². The van der Waals surface area contributed by atoms with Gasteiger partial charge in [-0.1, -0.05) is 60.7 Å². The summed E-state index contributed by atoms with van der Waals surface area (Å²) in [5.41, 5.74) is 2.48. The van der Waals surface area contributed by atoms with Crippen molar-refractivity contribution in [3.8, 4) is 5.75 Å². The van der Waals surface area contributed by atoms with Crippen LogP contribution in [0.5, 0.6) is 5.75 Å². The molecule has 2 heterocycles. The lowest BCUT2D eigenvalue weighted by Crippen LogP contribution is -2.53. The molecule has 0 saturated carbocycles.